The minimum Gasteiger partial charge on any atom is -0.381 e. The molecule has 0 aromatic carbocycles. The summed E-state index contributed by atoms with van der Waals surface area (Å²) in [5.74, 6) is 0.00301. The predicted molar refractivity (Wildman–Crippen MR) is 99.7 cm³/mol. The van der Waals surface area contributed by atoms with Gasteiger partial charge in [0.2, 0.25) is 5.91 Å². The molecule has 2 fully saturated rings. The van der Waals surface area contributed by atoms with Gasteiger partial charge >= 0.3 is 0 Å². The van der Waals surface area contributed by atoms with Gasteiger partial charge in [-0.25, -0.2) is 4.98 Å². The predicted octanol–water partition coefficient (Wildman–Crippen LogP) is 1.82. The molecular weight excluding hydrogens is 342 g/mol. The fourth-order valence-electron chi connectivity index (χ4n) is 5.15. The lowest BCUT2D eigenvalue weighted by Gasteiger charge is -2.51. The molecule has 0 radical (unpaired) electrons. The van der Waals surface area contributed by atoms with Crippen molar-refractivity contribution >= 4 is 5.91 Å². The molecule has 27 heavy (non-hydrogen) atoms. The quantitative estimate of drug-likeness (QED) is 0.876. The zero-order chi connectivity index (χ0) is 18.9. The van der Waals surface area contributed by atoms with Gasteiger partial charge in [-0.2, -0.15) is 5.26 Å². The van der Waals surface area contributed by atoms with Crippen LogP contribution in [0.3, 0.4) is 0 Å². The molecule has 0 saturated carbocycles. The number of aromatic amines is 1. The smallest absolute Gasteiger partial charge is 0.243 e. The van der Waals surface area contributed by atoms with E-state index >= 15 is 0 Å². The molecule has 1 aromatic rings. The van der Waals surface area contributed by atoms with Gasteiger partial charge in [0.1, 0.15) is 5.41 Å². The van der Waals surface area contributed by atoms with Crippen molar-refractivity contribution in [2.75, 3.05) is 39.4 Å². The zero-order valence-corrected chi connectivity index (χ0v) is 16.2. The Balaban J connectivity index is 1.54. The number of nitrogens with zero attached hydrogens (tertiary/aromatic N) is 4. The molecule has 2 saturated heterocycles. The number of imidazole rings is 1. The van der Waals surface area contributed by atoms with Gasteiger partial charge in [-0.05, 0) is 38.6 Å². The molecule has 0 bridgehead atoms. The van der Waals surface area contributed by atoms with E-state index in [1.165, 1.54) is 11.4 Å². The van der Waals surface area contributed by atoms with Gasteiger partial charge in [0.25, 0.3) is 0 Å². The van der Waals surface area contributed by atoms with Crippen molar-refractivity contribution in [3.8, 4) is 6.07 Å². The number of nitriles is 1. The summed E-state index contributed by atoms with van der Waals surface area (Å²) in [4.78, 5) is 25.7. The molecule has 1 amide bonds. The van der Waals surface area contributed by atoms with Crippen LogP contribution in [0, 0.1) is 16.7 Å². The summed E-state index contributed by atoms with van der Waals surface area (Å²) in [6, 6.07) is 2.33. The third-order valence-corrected chi connectivity index (χ3v) is 6.74. The lowest BCUT2D eigenvalue weighted by molar-refractivity contribution is -0.146. The number of ether oxygens (including phenoxy) is 1. The van der Waals surface area contributed by atoms with Crippen molar-refractivity contribution in [2.45, 2.75) is 51.0 Å². The Hall–Kier alpha value is -1.91. The van der Waals surface area contributed by atoms with Gasteiger partial charge in [0, 0.05) is 45.0 Å². The molecule has 0 aliphatic carbocycles. The molecule has 0 atom stereocenters. The van der Waals surface area contributed by atoms with Gasteiger partial charge in [-0.1, -0.05) is 6.92 Å². The number of carbonyl (C=O) groups excluding carboxylic acids is 1. The van der Waals surface area contributed by atoms with Crippen molar-refractivity contribution in [1.29, 1.82) is 5.26 Å². The topological polar surface area (TPSA) is 85.3 Å². The van der Waals surface area contributed by atoms with E-state index in [1.54, 1.807) is 0 Å². The largest absolute Gasteiger partial charge is 0.381 e. The molecule has 0 unspecified atom stereocenters. The van der Waals surface area contributed by atoms with E-state index in [-0.39, 0.29) is 11.4 Å². The first-order chi connectivity index (χ1) is 13.1. The van der Waals surface area contributed by atoms with Gasteiger partial charge in [-0.3, -0.25) is 9.69 Å². The number of fused-ring (bicyclic) bond motifs is 2. The van der Waals surface area contributed by atoms with E-state index in [0.717, 1.165) is 38.8 Å². The fourth-order valence-corrected chi connectivity index (χ4v) is 5.15. The third kappa shape index (κ3) is 2.95. The van der Waals surface area contributed by atoms with E-state index in [0.29, 0.717) is 39.1 Å². The highest BCUT2D eigenvalue weighted by Crippen LogP contribution is 2.43. The highest BCUT2D eigenvalue weighted by atomic mass is 16.5. The number of H-pyrrole nitrogens is 1. The molecule has 4 heterocycles. The van der Waals surface area contributed by atoms with Crippen molar-refractivity contribution in [2.24, 2.45) is 5.41 Å². The highest BCUT2D eigenvalue weighted by Gasteiger charge is 2.49. The Labute approximate surface area is 160 Å². The molecule has 1 N–H and O–H groups in total. The van der Waals surface area contributed by atoms with Crippen LogP contribution in [0.4, 0.5) is 0 Å². The molecule has 3 aliphatic heterocycles. The van der Waals surface area contributed by atoms with Gasteiger partial charge in [0.05, 0.1) is 23.6 Å². The second-order valence-corrected chi connectivity index (χ2v) is 8.10. The number of rotatable bonds is 3. The zero-order valence-electron chi connectivity index (χ0n) is 16.2. The molecule has 7 heteroatoms. The van der Waals surface area contributed by atoms with E-state index in [1.807, 2.05) is 11.2 Å². The molecule has 4 rings (SSSR count). The maximum atomic E-state index is 13.2. The lowest BCUT2D eigenvalue weighted by Crippen LogP contribution is -2.58. The van der Waals surface area contributed by atoms with Crippen molar-refractivity contribution in [1.82, 2.24) is 19.8 Å². The van der Waals surface area contributed by atoms with E-state index in [9.17, 15) is 10.1 Å². The number of aromatic nitrogens is 2. The number of hydrogen-bond donors (Lipinski definition) is 1. The Morgan fingerprint density at radius 3 is 2.70 bits per heavy atom. The fraction of sp³-hybridized carbons (Fsp3) is 0.750. The minimum atomic E-state index is -0.893. The normalized spacial score (nSPS) is 24.4. The van der Waals surface area contributed by atoms with Crippen LogP contribution in [0.5, 0.6) is 0 Å². The number of carbonyl (C=O) groups is 1. The SMILES string of the molecule is CCCN1CCc2[nH]cnc2C12CCN(C(=O)C1(C#N)CCOCC1)CC2. The molecule has 3 aliphatic rings. The van der Waals surface area contributed by atoms with Gasteiger partial charge < -0.3 is 14.6 Å². The Morgan fingerprint density at radius 1 is 1.30 bits per heavy atom. The molecule has 7 nitrogen and oxygen atoms in total. The van der Waals surface area contributed by atoms with Crippen molar-refractivity contribution in [3.05, 3.63) is 17.7 Å². The molecule has 146 valence electrons. The van der Waals surface area contributed by atoms with Crippen LogP contribution >= 0.6 is 0 Å². The number of piperidine rings is 1. The number of likely N-dealkylation sites (tertiary alicyclic amines) is 1. The molecular formula is C20H29N5O2. The average Bonchev–Trinajstić information content (AvgIpc) is 3.21. The standard InChI is InChI=1S/C20H29N5O2/c1-2-8-25-9-3-16-17(23-15-22-16)20(25)4-10-24(11-5-20)18(26)19(14-21)6-12-27-13-7-19/h15H,2-13H2,1H3,(H,22,23). The molecule has 1 spiro atoms. The molecule has 1 aromatic heterocycles. The van der Waals surface area contributed by atoms with E-state index in [4.69, 9.17) is 4.74 Å². The summed E-state index contributed by atoms with van der Waals surface area (Å²) in [5.41, 5.74) is 1.46. The summed E-state index contributed by atoms with van der Waals surface area (Å²) in [6.07, 6.45) is 6.72. The maximum Gasteiger partial charge on any atom is 0.243 e. The first kappa shape index (κ1) is 18.5. The third-order valence-electron chi connectivity index (χ3n) is 6.74. The first-order valence-corrected chi connectivity index (χ1v) is 10.2. The summed E-state index contributed by atoms with van der Waals surface area (Å²) in [6.45, 7) is 6.69. The summed E-state index contributed by atoms with van der Waals surface area (Å²) < 4.78 is 5.39. The van der Waals surface area contributed by atoms with Crippen LogP contribution in [-0.2, 0) is 21.5 Å². The number of amides is 1. The number of hydrogen-bond acceptors (Lipinski definition) is 5. The van der Waals surface area contributed by atoms with Gasteiger partial charge in [-0.15, -0.1) is 0 Å². The monoisotopic (exact) mass is 371 g/mol. The summed E-state index contributed by atoms with van der Waals surface area (Å²) in [5, 5.41) is 9.72. The van der Waals surface area contributed by atoms with E-state index in [2.05, 4.69) is 27.9 Å². The van der Waals surface area contributed by atoms with Crippen LogP contribution in [0.1, 0.15) is 50.4 Å². The van der Waals surface area contributed by atoms with Crippen molar-refractivity contribution in [3.63, 3.8) is 0 Å². The van der Waals surface area contributed by atoms with Crippen molar-refractivity contribution < 1.29 is 9.53 Å². The van der Waals surface area contributed by atoms with Gasteiger partial charge in [0.15, 0.2) is 0 Å². The Morgan fingerprint density at radius 2 is 2.04 bits per heavy atom. The Kier molecular flexibility index (Phi) is 4.95. The highest BCUT2D eigenvalue weighted by molar-refractivity contribution is 5.85. The van der Waals surface area contributed by atoms with Crippen LogP contribution in [0.25, 0.3) is 0 Å². The second kappa shape index (κ2) is 7.25. The Bertz CT molecular complexity index is 723. The van der Waals surface area contributed by atoms with Crippen LogP contribution in [0.15, 0.2) is 6.33 Å². The van der Waals surface area contributed by atoms with E-state index < -0.39 is 5.41 Å². The maximum absolute atomic E-state index is 13.2. The summed E-state index contributed by atoms with van der Waals surface area (Å²) >= 11 is 0. The van der Waals surface area contributed by atoms with Crippen LogP contribution in [-0.4, -0.2) is 65.1 Å². The second-order valence-electron chi connectivity index (χ2n) is 8.10. The lowest BCUT2D eigenvalue weighted by atomic mass is 9.76. The van der Waals surface area contributed by atoms with Crippen LogP contribution < -0.4 is 0 Å². The van der Waals surface area contributed by atoms with Crippen LogP contribution in [0.2, 0.25) is 0 Å². The summed E-state index contributed by atoms with van der Waals surface area (Å²) in [7, 11) is 0. The number of nitrogens with one attached hydrogen (secondary N) is 1. The average molecular weight is 371 g/mol. The first-order valence-electron chi connectivity index (χ1n) is 10.2. The minimum absolute atomic E-state index is 0.00301.